The number of nitrogens with one attached hydrogen (secondary N) is 1. The van der Waals surface area contributed by atoms with Gasteiger partial charge in [0.25, 0.3) is 0 Å². The number of nitrogens with zero attached hydrogens (tertiary/aromatic N) is 3. The van der Waals surface area contributed by atoms with Gasteiger partial charge in [-0.2, -0.15) is 5.10 Å². The smallest absolute Gasteiger partial charge is 0.161 e. The molecule has 1 N–H and O–H groups in total. The number of anilines is 1. The summed E-state index contributed by atoms with van der Waals surface area (Å²) >= 11 is 0. The Morgan fingerprint density at radius 3 is 2.47 bits per heavy atom. The number of aromatic nitrogens is 2. The van der Waals surface area contributed by atoms with Crippen LogP contribution in [-0.2, 0) is 13.0 Å². The topological polar surface area (TPSA) is 51.6 Å². The molecule has 6 heteroatoms. The first kappa shape index (κ1) is 25.2. The number of allylic oxidation sites excluding steroid dienone is 3. The van der Waals surface area contributed by atoms with Gasteiger partial charge in [0.05, 0.1) is 25.6 Å². The van der Waals surface area contributed by atoms with Gasteiger partial charge in [-0.25, -0.2) is 4.68 Å². The summed E-state index contributed by atoms with van der Waals surface area (Å²) in [5.41, 5.74) is 7.23. The third-order valence-electron chi connectivity index (χ3n) is 6.53. The molecule has 0 atom stereocenters. The molecule has 0 aliphatic carbocycles. The zero-order valence-electron chi connectivity index (χ0n) is 21.8. The number of methoxy groups -OCH3 is 2. The fourth-order valence-electron chi connectivity index (χ4n) is 4.44. The fourth-order valence-corrected chi connectivity index (χ4v) is 4.44. The van der Waals surface area contributed by atoms with Gasteiger partial charge in [-0.05, 0) is 74.7 Å². The van der Waals surface area contributed by atoms with E-state index < -0.39 is 0 Å². The number of hydrogen-bond donors (Lipinski definition) is 1. The minimum Gasteiger partial charge on any atom is -0.493 e. The first-order valence-corrected chi connectivity index (χ1v) is 12.5. The van der Waals surface area contributed by atoms with Crippen molar-refractivity contribution in [2.24, 2.45) is 0 Å². The van der Waals surface area contributed by atoms with Gasteiger partial charge in [0.1, 0.15) is 5.69 Å². The van der Waals surface area contributed by atoms with Crippen LogP contribution in [0.15, 0.2) is 73.3 Å². The lowest BCUT2D eigenvalue weighted by Crippen LogP contribution is -2.21. The summed E-state index contributed by atoms with van der Waals surface area (Å²) < 4.78 is 13.0. The normalized spacial score (nSPS) is 15.1. The van der Waals surface area contributed by atoms with Crippen LogP contribution in [0, 0.1) is 0 Å². The van der Waals surface area contributed by atoms with Gasteiger partial charge in [-0.15, -0.1) is 0 Å². The third kappa shape index (κ3) is 5.48. The number of hydrogen-bond acceptors (Lipinski definition) is 5. The Bertz CT molecular complexity index is 1250. The van der Waals surface area contributed by atoms with Crippen molar-refractivity contribution in [1.82, 2.24) is 15.1 Å². The van der Waals surface area contributed by atoms with Crippen molar-refractivity contribution >= 4 is 17.1 Å². The maximum atomic E-state index is 5.54. The zero-order chi connectivity index (χ0) is 25.5. The molecule has 0 saturated heterocycles. The monoisotopic (exact) mass is 484 g/mol. The van der Waals surface area contributed by atoms with E-state index in [1.165, 1.54) is 11.3 Å². The van der Waals surface area contributed by atoms with Crippen LogP contribution >= 0.6 is 0 Å². The van der Waals surface area contributed by atoms with Crippen LogP contribution in [-0.4, -0.2) is 37.1 Å². The number of aryl methyl sites for hydroxylation is 1. The van der Waals surface area contributed by atoms with Crippen molar-refractivity contribution in [3.63, 3.8) is 0 Å². The fraction of sp³-hybridized carbons (Fsp3) is 0.300. The highest BCUT2D eigenvalue weighted by atomic mass is 16.5. The standard InChI is InChI=1S/C30H36N4O2/c1-6-33(7-2)25-16-13-23(14-17-25)21-31-22(3)27-20-26-11-9-8-10-12-28(34(26)32-27)24-15-18-29(35-4)30(19-24)36-5/h8,10,12-20,31H,3,6-7,9,11,21H2,1-2,4-5H3/b10-8-,28-12-. The molecule has 0 fully saturated rings. The lowest BCUT2D eigenvalue weighted by Gasteiger charge is -2.21. The molecule has 6 nitrogen and oxygen atoms in total. The first-order valence-electron chi connectivity index (χ1n) is 12.5. The Morgan fingerprint density at radius 1 is 1.03 bits per heavy atom. The van der Waals surface area contributed by atoms with Gasteiger partial charge in [-0.1, -0.05) is 30.9 Å². The van der Waals surface area contributed by atoms with E-state index in [1.54, 1.807) is 14.2 Å². The van der Waals surface area contributed by atoms with Gasteiger partial charge in [-0.3, -0.25) is 0 Å². The second-order valence-corrected chi connectivity index (χ2v) is 8.69. The van der Waals surface area contributed by atoms with E-state index in [0.29, 0.717) is 18.0 Å². The number of rotatable bonds is 10. The first-order chi connectivity index (χ1) is 17.6. The lowest BCUT2D eigenvalue weighted by molar-refractivity contribution is 0.355. The van der Waals surface area contributed by atoms with Gasteiger partial charge < -0.3 is 19.7 Å². The van der Waals surface area contributed by atoms with Crippen molar-refractivity contribution in [2.75, 3.05) is 32.2 Å². The largest absolute Gasteiger partial charge is 0.493 e. The molecule has 1 aliphatic rings. The van der Waals surface area contributed by atoms with Crippen LogP contribution < -0.4 is 19.7 Å². The summed E-state index contributed by atoms with van der Waals surface area (Å²) in [7, 11) is 3.30. The van der Waals surface area contributed by atoms with Crippen LogP contribution in [0.25, 0.3) is 11.4 Å². The molecule has 36 heavy (non-hydrogen) atoms. The molecule has 1 aliphatic heterocycles. The van der Waals surface area contributed by atoms with E-state index >= 15 is 0 Å². The summed E-state index contributed by atoms with van der Waals surface area (Å²) in [6, 6.07) is 16.8. The molecule has 0 bridgehead atoms. The van der Waals surface area contributed by atoms with Crippen LogP contribution in [0.2, 0.25) is 0 Å². The Hall–Kier alpha value is -3.93. The average Bonchev–Trinajstić information content (AvgIpc) is 3.31. The average molecular weight is 485 g/mol. The number of ether oxygens (including phenoxy) is 2. The molecule has 2 aromatic carbocycles. The van der Waals surface area contributed by atoms with E-state index in [1.807, 2.05) is 22.9 Å². The highest BCUT2D eigenvalue weighted by Crippen LogP contribution is 2.32. The van der Waals surface area contributed by atoms with Crippen LogP contribution in [0.1, 0.15) is 42.8 Å². The SMILES string of the molecule is C=C(NCc1ccc(N(CC)CC)cc1)c1cc2n(n1)/C(c1ccc(OC)c(OC)c1)=C\C=C/CC2. The van der Waals surface area contributed by atoms with Gasteiger partial charge in [0, 0.05) is 36.6 Å². The molecule has 0 amide bonds. The molecule has 0 unspecified atom stereocenters. The summed E-state index contributed by atoms with van der Waals surface area (Å²) in [5.74, 6) is 1.39. The van der Waals surface area contributed by atoms with Crippen molar-refractivity contribution in [3.8, 4) is 11.5 Å². The molecule has 0 spiro atoms. The van der Waals surface area contributed by atoms with E-state index in [-0.39, 0.29) is 0 Å². The maximum Gasteiger partial charge on any atom is 0.161 e. The predicted molar refractivity (Wildman–Crippen MR) is 148 cm³/mol. The van der Waals surface area contributed by atoms with Crippen LogP contribution in [0.5, 0.6) is 11.5 Å². The molecule has 2 heterocycles. The zero-order valence-corrected chi connectivity index (χ0v) is 21.8. The highest BCUT2D eigenvalue weighted by Gasteiger charge is 2.17. The van der Waals surface area contributed by atoms with Gasteiger partial charge in [0.15, 0.2) is 11.5 Å². The summed E-state index contributed by atoms with van der Waals surface area (Å²) in [5, 5.41) is 8.42. The second-order valence-electron chi connectivity index (χ2n) is 8.69. The molecule has 3 aromatic rings. The Balaban J connectivity index is 1.54. The number of benzene rings is 2. The van der Waals surface area contributed by atoms with Crippen molar-refractivity contribution < 1.29 is 9.47 Å². The molecular formula is C30H36N4O2. The molecule has 0 saturated carbocycles. The minimum atomic E-state index is 0.689. The van der Waals surface area contributed by atoms with Crippen molar-refractivity contribution in [2.45, 2.75) is 33.2 Å². The molecule has 0 radical (unpaired) electrons. The van der Waals surface area contributed by atoms with E-state index in [4.69, 9.17) is 14.6 Å². The summed E-state index contributed by atoms with van der Waals surface area (Å²) in [6.07, 6.45) is 8.22. The third-order valence-corrected chi connectivity index (χ3v) is 6.53. The van der Waals surface area contributed by atoms with E-state index in [2.05, 4.69) is 79.2 Å². The second kappa shape index (κ2) is 11.7. The Labute approximate surface area is 214 Å². The van der Waals surface area contributed by atoms with E-state index in [9.17, 15) is 0 Å². The van der Waals surface area contributed by atoms with Crippen molar-refractivity contribution in [3.05, 3.63) is 95.9 Å². The number of fused-ring (bicyclic) bond motifs is 1. The van der Waals surface area contributed by atoms with Gasteiger partial charge in [0.2, 0.25) is 0 Å². The maximum absolute atomic E-state index is 5.54. The lowest BCUT2D eigenvalue weighted by atomic mass is 10.1. The Kier molecular flexibility index (Phi) is 8.16. The van der Waals surface area contributed by atoms with Gasteiger partial charge >= 0.3 is 0 Å². The Morgan fingerprint density at radius 2 is 1.78 bits per heavy atom. The molecule has 188 valence electrons. The molecule has 4 rings (SSSR count). The minimum absolute atomic E-state index is 0.689. The molecular weight excluding hydrogens is 448 g/mol. The predicted octanol–water partition coefficient (Wildman–Crippen LogP) is 5.90. The van der Waals surface area contributed by atoms with Crippen molar-refractivity contribution in [1.29, 1.82) is 0 Å². The van der Waals surface area contributed by atoms with Crippen LogP contribution in [0.3, 0.4) is 0 Å². The van der Waals surface area contributed by atoms with E-state index in [0.717, 1.165) is 54.3 Å². The highest BCUT2D eigenvalue weighted by molar-refractivity contribution is 5.71. The summed E-state index contributed by atoms with van der Waals surface area (Å²) in [6.45, 7) is 11.3. The molecule has 1 aromatic heterocycles. The summed E-state index contributed by atoms with van der Waals surface area (Å²) in [4.78, 5) is 2.34. The van der Waals surface area contributed by atoms with Crippen LogP contribution in [0.4, 0.5) is 5.69 Å². The quantitative estimate of drug-likeness (QED) is 0.388.